The van der Waals surface area contributed by atoms with Gasteiger partial charge in [-0.1, -0.05) is 43.1 Å². The van der Waals surface area contributed by atoms with E-state index in [0.29, 0.717) is 23.2 Å². The Morgan fingerprint density at radius 3 is 2.43 bits per heavy atom. The molecule has 0 fully saturated rings. The number of halogens is 2. The number of rotatable bonds is 6. The average Bonchev–Trinajstić information content (AvgIpc) is 3.27. The van der Waals surface area contributed by atoms with Gasteiger partial charge in [0.1, 0.15) is 5.52 Å². The maximum absolute atomic E-state index is 12.5. The summed E-state index contributed by atoms with van der Waals surface area (Å²) in [6.45, 7) is 4.36. The van der Waals surface area contributed by atoms with Crippen LogP contribution in [0.15, 0.2) is 59.0 Å². The van der Waals surface area contributed by atoms with Crippen LogP contribution in [0.25, 0.3) is 22.6 Å². The smallest absolute Gasteiger partial charge is 0.257 e. The van der Waals surface area contributed by atoms with Crippen molar-refractivity contribution in [2.24, 2.45) is 0 Å². The Kier molecular flexibility index (Phi) is 7.60. The zero-order chi connectivity index (χ0) is 25.1. The van der Waals surface area contributed by atoms with Crippen LogP contribution in [0.2, 0.25) is 10.0 Å². The Hall–Kier alpha value is -3.13. The predicted octanol–water partition coefficient (Wildman–Crippen LogP) is 7.45. The van der Waals surface area contributed by atoms with Crippen molar-refractivity contribution in [3.8, 4) is 17.2 Å². The minimum atomic E-state index is -0.450. The minimum Gasteiger partial charge on any atom is -0.494 e. The van der Waals surface area contributed by atoms with Gasteiger partial charge >= 0.3 is 0 Å². The lowest BCUT2D eigenvalue weighted by Gasteiger charge is -2.11. The fourth-order valence-electron chi connectivity index (χ4n) is 3.53. The van der Waals surface area contributed by atoms with E-state index >= 15 is 0 Å². The number of amides is 1. The summed E-state index contributed by atoms with van der Waals surface area (Å²) in [5.41, 5.74) is 4.61. The molecule has 35 heavy (non-hydrogen) atoms. The van der Waals surface area contributed by atoms with Crippen LogP contribution >= 0.6 is 35.4 Å². The maximum atomic E-state index is 12.5. The SMILES string of the molecule is CC[C@@H](C)c1ccc2oc(-c3ccc(NC(=S)NC(=O)c4cc(Cl)c(OC)c(Cl)c4)cc3)nc2c1. The van der Waals surface area contributed by atoms with Crippen LogP contribution in [0.5, 0.6) is 5.75 Å². The second-order valence-corrected chi connectivity index (χ2v) is 9.24. The topological polar surface area (TPSA) is 76.4 Å². The Balaban J connectivity index is 1.43. The van der Waals surface area contributed by atoms with E-state index in [2.05, 4.69) is 41.6 Å². The number of hydrogen-bond acceptors (Lipinski definition) is 5. The number of carbonyl (C=O) groups is 1. The molecule has 1 aromatic heterocycles. The van der Waals surface area contributed by atoms with Crippen molar-refractivity contribution in [2.45, 2.75) is 26.2 Å². The molecule has 0 aliphatic rings. The first-order valence-corrected chi connectivity index (χ1v) is 12.1. The molecule has 0 saturated carbocycles. The third-order valence-corrected chi connectivity index (χ3v) is 6.44. The van der Waals surface area contributed by atoms with Gasteiger partial charge < -0.3 is 14.5 Å². The molecular weight excluding hydrogens is 505 g/mol. The molecule has 0 aliphatic carbocycles. The molecular formula is C26H23Cl2N3O3S. The Labute approximate surface area is 218 Å². The summed E-state index contributed by atoms with van der Waals surface area (Å²) in [5.74, 6) is 0.860. The number of fused-ring (bicyclic) bond motifs is 1. The molecule has 0 radical (unpaired) electrons. The third-order valence-electron chi connectivity index (χ3n) is 5.67. The molecule has 0 saturated heterocycles. The first-order valence-electron chi connectivity index (χ1n) is 10.9. The summed E-state index contributed by atoms with van der Waals surface area (Å²) < 4.78 is 11.0. The van der Waals surface area contributed by atoms with Gasteiger partial charge in [-0.3, -0.25) is 10.1 Å². The van der Waals surface area contributed by atoms with Gasteiger partial charge in [-0.15, -0.1) is 0 Å². The van der Waals surface area contributed by atoms with Crippen molar-refractivity contribution in [3.05, 3.63) is 75.8 Å². The van der Waals surface area contributed by atoms with Gasteiger partial charge in [0.2, 0.25) is 5.89 Å². The molecule has 3 aromatic carbocycles. The van der Waals surface area contributed by atoms with Gasteiger partial charge in [-0.05, 0) is 78.7 Å². The molecule has 0 bridgehead atoms. The molecule has 4 rings (SSSR count). The number of aromatic nitrogens is 1. The van der Waals surface area contributed by atoms with Crippen LogP contribution in [0.3, 0.4) is 0 Å². The normalized spacial score (nSPS) is 11.8. The van der Waals surface area contributed by atoms with Crippen LogP contribution in [0, 0.1) is 0 Å². The van der Waals surface area contributed by atoms with E-state index in [0.717, 1.165) is 23.1 Å². The molecule has 0 spiro atoms. The molecule has 4 aromatic rings. The number of anilines is 1. The third kappa shape index (κ3) is 5.59. The van der Waals surface area contributed by atoms with Gasteiger partial charge in [0, 0.05) is 16.8 Å². The van der Waals surface area contributed by atoms with E-state index in [1.54, 1.807) is 0 Å². The van der Waals surface area contributed by atoms with Crippen LogP contribution in [0.4, 0.5) is 5.69 Å². The monoisotopic (exact) mass is 527 g/mol. The number of nitrogens with zero attached hydrogens (tertiary/aromatic N) is 1. The molecule has 2 N–H and O–H groups in total. The molecule has 0 aliphatic heterocycles. The van der Waals surface area contributed by atoms with E-state index in [1.165, 1.54) is 24.8 Å². The van der Waals surface area contributed by atoms with Gasteiger partial charge in [0.15, 0.2) is 16.4 Å². The summed E-state index contributed by atoms with van der Waals surface area (Å²) in [6.07, 6.45) is 1.06. The van der Waals surface area contributed by atoms with Crippen molar-refractivity contribution >= 4 is 63.2 Å². The summed E-state index contributed by atoms with van der Waals surface area (Å²) in [5, 5.41) is 6.19. The van der Waals surface area contributed by atoms with Crippen LogP contribution in [-0.4, -0.2) is 23.1 Å². The number of hydrogen-bond donors (Lipinski definition) is 2. The second kappa shape index (κ2) is 10.6. The Bertz CT molecular complexity index is 1380. The number of nitrogens with one attached hydrogen (secondary N) is 2. The highest BCUT2D eigenvalue weighted by atomic mass is 35.5. The fourth-order valence-corrected chi connectivity index (χ4v) is 4.38. The van der Waals surface area contributed by atoms with Gasteiger partial charge in [-0.2, -0.15) is 0 Å². The number of methoxy groups -OCH3 is 1. The fraction of sp³-hybridized carbons (Fsp3) is 0.192. The van der Waals surface area contributed by atoms with E-state index in [9.17, 15) is 4.79 Å². The number of thiocarbonyl (C=S) groups is 1. The predicted molar refractivity (Wildman–Crippen MR) is 145 cm³/mol. The Morgan fingerprint density at radius 2 is 1.80 bits per heavy atom. The van der Waals surface area contributed by atoms with Gasteiger partial charge in [0.05, 0.1) is 17.2 Å². The molecule has 9 heteroatoms. The average molecular weight is 528 g/mol. The molecule has 1 atom stereocenters. The Morgan fingerprint density at radius 1 is 1.11 bits per heavy atom. The largest absolute Gasteiger partial charge is 0.494 e. The van der Waals surface area contributed by atoms with Crippen LogP contribution in [-0.2, 0) is 0 Å². The summed E-state index contributed by atoms with van der Waals surface area (Å²) in [7, 11) is 1.45. The molecule has 180 valence electrons. The van der Waals surface area contributed by atoms with Crippen molar-refractivity contribution in [1.82, 2.24) is 10.3 Å². The van der Waals surface area contributed by atoms with Gasteiger partial charge in [0.25, 0.3) is 5.91 Å². The summed E-state index contributed by atoms with van der Waals surface area (Å²) in [6, 6.07) is 16.5. The second-order valence-electron chi connectivity index (χ2n) is 8.01. The highest BCUT2D eigenvalue weighted by Gasteiger charge is 2.15. The van der Waals surface area contributed by atoms with Crippen LogP contribution < -0.4 is 15.4 Å². The quantitative estimate of drug-likeness (QED) is 0.253. The van der Waals surface area contributed by atoms with Crippen LogP contribution in [0.1, 0.15) is 42.1 Å². The zero-order valence-electron chi connectivity index (χ0n) is 19.3. The number of ether oxygens (including phenoxy) is 1. The first kappa shape index (κ1) is 25.0. The zero-order valence-corrected chi connectivity index (χ0v) is 21.6. The van der Waals surface area contributed by atoms with E-state index < -0.39 is 5.91 Å². The standard InChI is InChI=1S/C26H23Cl2N3O3S/c1-4-14(2)16-7-10-22-21(13-16)30-25(34-22)15-5-8-18(9-6-15)29-26(35)31-24(32)17-11-19(27)23(33-3)20(28)12-17/h5-14H,4H2,1-3H3,(H2,29,31,32,35)/t14-/m1/s1. The van der Waals surface area contributed by atoms with Crippen molar-refractivity contribution in [1.29, 1.82) is 0 Å². The lowest BCUT2D eigenvalue weighted by atomic mass is 9.98. The summed E-state index contributed by atoms with van der Waals surface area (Å²) in [4.78, 5) is 17.2. The van der Waals surface area contributed by atoms with E-state index in [-0.39, 0.29) is 20.7 Å². The molecule has 6 nitrogen and oxygen atoms in total. The van der Waals surface area contributed by atoms with Crippen molar-refractivity contribution in [3.63, 3.8) is 0 Å². The highest BCUT2D eigenvalue weighted by molar-refractivity contribution is 7.80. The van der Waals surface area contributed by atoms with Gasteiger partial charge in [-0.25, -0.2) is 4.98 Å². The van der Waals surface area contributed by atoms with Crippen molar-refractivity contribution in [2.75, 3.05) is 12.4 Å². The maximum Gasteiger partial charge on any atom is 0.257 e. The molecule has 1 heterocycles. The minimum absolute atomic E-state index is 0.130. The molecule has 0 unspecified atom stereocenters. The van der Waals surface area contributed by atoms with Crippen molar-refractivity contribution < 1.29 is 13.9 Å². The number of carbonyl (C=O) groups excluding carboxylic acids is 1. The van der Waals surface area contributed by atoms with E-state index in [4.69, 9.17) is 44.6 Å². The highest BCUT2D eigenvalue weighted by Crippen LogP contribution is 2.34. The number of benzene rings is 3. The first-order chi connectivity index (χ1) is 16.8. The lowest BCUT2D eigenvalue weighted by molar-refractivity contribution is 0.0977. The molecule has 1 amide bonds. The number of oxazole rings is 1. The van der Waals surface area contributed by atoms with E-state index in [1.807, 2.05) is 30.3 Å². The summed E-state index contributed by atoms with van der Waals surface area (Å²) >= 11 is 17.5. The lowest BCUT2D eigenvalue weighted by Crippen LogP contribution is -2.34.